The average Bonchev–Trinajstić information content (AvgIpc) is 3.11. The van der Waals surface area contributed by atoms with E-state index in [2.05, 4.69) is 21.2 Å². The topological polar surface area (TPSA) is 105 Å². The fraction of sp³-hybridized carbons (Fsp3) is 0.357. The molecular weight excluding hydrogens is 605 g/mol. The molecule has 0 aliphatic carbocycles. The lowest BCUT2D eigenvalue weighted by molar-refractivity contribution is -0.135. The van der Waals surface area contributed by atoms with E-state index < -0.39 is 22.9 Å². The molecule has 0 saturated carbocycles. The molecule has 212 valence electrons. The predicted molar refractivity (Wildman–Crippen MR) is 154 cm³/mol. The molecule has 2 aromatic carbocycles. The lowest BCUT2D eigenvalue weighted by atomic mass is 10.1. The van der Waals surface area contributed by atoms with Gasteiger partial charge in [-0.25, -0.2) is 4.39 Å². The van der Waals surface area contributed by atoms with Gasteiger partial charge >= 0.3 is 0 Å². The van der Waals surface area contributed by atoms with Gasteiger partial charge in [0.1, 0.15) is 12.4 Å². The number of carbonyl (C=O) groups is 4. The van der Waals surface area contributed by atoms with Crippen molar-refractivity contribution in [1.29, 1.82) is 0 Å². The number of imide groups is 1. The first-order chi connectivity index (χ1) is 19.2. The fourth-order valence-electron chi connectivity index (χ4n) is 4.25. The van der Waals surface area contributed by atoms with E-state index in [0.29, 0.717) is 41.2 Å². The number of thioether (sulfide) groups is 1. The molecule has 0 radical (unpaired) electrons. The fourth-order valence-corrected chi connectivity index (χ4v) is 5.52. The number of anilines is 1. The van der Waals surface area contributed by atoms with Crippen molar-refractivity contribution in [2.45, 2.75) is 32.6 Å². The van der Waals surface area contributed by atoms with Gasteiger partial charge in [0, 0.05) is 23.2 Å². The molecule has 0 unspecified atom stereocenters. The summed E-state index contributed by atoms with van der Waals surface area (Å²) in [5.41, 5.74) is 0.981. The Kier molecular flexibility index (Phi) is 10.2. The summed E-state index contributed by atoms with van der Waals surface area (Å²) < 4.78 is 25.0. The van der Waals surface area contributed by atoms with Crippen molar-refractivity contribution in [2.75, 3.05) is 38.2 Å². The maximum Gasteiger partial charge on any atom is 0.294 e. The Labute approximate surface area is 244 Å². The first-order valence-electron chi connectivity index (χ1n) is 12.9. The van der Waals surface area contributed by atoms with Crippen LogP contribution in [0.25, 0.3) is 6.08 Å². The van der Waals surface area contributed by atoms with E-state index in [1.165, 1.54) is 24.3 Å². The van der Waals surface area contributed by atoms with Gasteiger partial charge in [0.05, 0.1) is 11.5 Å². The maximum absolute atomic E-state index is 13.1. The maximum atomic E-state index is 13.1. The number of likely N-dealkylation sites (tertiary alicyclic amines) is 1. The Morgan fingerprint density at radius 2 is 1.73 bits per heavy atom. The third-order valence-corrected chi connectivity index (χ3v) is 7.86. The minimum absolute atomic E-state index is 0.184. The molecule has 2 heterocycles. The summed E-state index contributed by atoms with van der Waals surface area (Å²) in [6, 6.07) is 8.60. The number of nitrogens with zero attached hydrogens (tertiary/aromatic N) is 2. The second-order valence-electron chi connectivity index (χ2n) is 9.16. The third kappa shape index (κ3) is 7.63. The van der Waals surface area contributed by atoms with Crippen LogP contribution >= 0.6 is 27.7 Å². The molecule has 9 nitrogen and oxygen atoms in total. The van der Waals surface area contributed by atoms with E-state index in [0.717, 1.165) is 42.3 Å². The van der Waals surface area contributed by atoms with E-state index >= 15 is 0 Å². The van der Waals surface area contributed by atoms with Gasteiger partial charge in [0.25, 0.3) is 17.1 Å². The van der Waals surface area contributed by atoms with Crippen molar-refractivity contribution in [3.8, 4) is 11.5 Å². The van der Waals surface area contributed by atoms with Gasteiger partial charge in [0.2, 0.25) is 5.91 Å². The number of carbonyl (C=O) groups excluding carboxylic acids is 4. The normalized spacial score (nSPS) is 16.7. The zero-order chi connectivity index (χ0) is 28.6. The number of halogens is 2. The summed E-state index contributed by atoms with van der Waals surface area (Å²) in [7, 11) is 0. The predicted octanol–water partition coefficient (Wildman–Crippen LogP) is 5.44. The highest BCUT2D eigenvalue weighted by Gasteiger charge is 2.37. The van der Waals surface area contributed by atoms with Crippen LogP contribution in [0.15, 0.2) is 45.8 Å². The Morgan fingerprint density at radius 1 is 1.05 bits per heavy atom. The second-order valence-corrected chi connectivity index (χ2v) is 11.0. The zero-order valence-corrected chi connectivity index (χ0v) is 24.3. The molecule has 0 atom stereocenters. The largest absolute Gasteiger partial charge is 0.490 e. The molecule has 12 heteroatoms. The first kappa shape index (κ1) is 29.6. The summed E-state index contributed by atoms with van der Waals surface area (Å²) >= 11 is 4.24. The lowest BCUT2D eigenvalue weighted by Crippen LogP contribution is -2.42. The highest BCUT2D eigenvalue weighted by atomic mass is 79.9. The van der Waals surface area contributed by atoms with Crippen LogP contribution in [0.4, 0.5) is 14.9 Å². The molecule has 1 N–H and O–H groups in total. The molecule has 0 bridgehead atoms. The van der Waals surface area contributed by atoms with Crippen LogP contribution in [0, 0.1) is 5.82 Å². The molecule has 2 fully saturated rings. The molecule has 4 amide bonds. The minimum Gasteiger partial charge on any atom is -0.490 e. The Bertz CT molecular complexity index is 1310. The monoisotopic (exact) mass is 633 g/mol. The van der Waals surface area contributed by atoms with Gasteiger partial charge in [-0.3, -0.25) is 24.1 Å². The molecule has 0 aromatic heterocycles. The quantitative estimate of drug-likeness (QED) is 0.366. The van der Waals surface area contributed by atoms with Crippen molar-refractivity contribution in [1.82, 2.24) is 9.80 Å². The standard InChI is InChI=1S/C28H29BrFN3O6S/c1-2-38-22-13-18(21(29)15-23(22)39-17-25(34)31-20-9-7-19(30)8-10-20)14-24-27(36)33(28(37)40-24)16-26(35)32-11-5-3-4-6-12-32/h7-10,13-15H,2-6,11-12,16-17H2,1H3,(H,31,34). The Morgan fingerprint density at radius 3 is 2.40 bits per heavy atom. The summed E-state index contributed by atoms with van der Waals surface area (Å²) in [6.45, 7) is 2.78. The highest BCUT2D eigenvalue weighted by Crippen LogP contribution is 2.38. The van der Waals surface area contributed by atoms with Crippen molar-refractivity contribution in [3.63, 3.8) is 0 Å². The van der Waals surface area contributed by atoms with Crippen LogP contribution in [0.2, 0.25) is 0 Å². The minimum atomic E-state index is -0.527. The second kappa shape index (κ2) is 13.8. The van der Waals surface area contributed by atoms with Crippen molar-refractivity contribution >= 4 is 62.4 Å². The molecular formula is C28H29BrFN3O6S. The van der Waals surface area contributed by atoms with Gasteiger partial charge in [-0.05, 0) is 79.6 Å². The number of hydrogen-bond acceptors (Lipinski definition) is 7. The number of amides is 4. The summed E-state index contributed by atoms with van der Waals surface area (Å²) in [6.07, 6.45) is 5.53. The molecule has 2 aromatic rings. The molecule has 2 saturated heterocycles. The van der Waals surface area contributed by atoms with E-state index in [1.54, 1.807) is 30.0 Å². The van der Waals surface area contributed by atoms with Crippen LogP contribution < -0.4 is 14.8 Å². The molecule has 2 aliphatic heterocycles. The van der Waals surface area contributed by atoms with Gasteiger partial charge in [-0.15, -0.1) is 0 Å². The van der Waals surface area contributed by atoms with Crippen molar-refractivity contribution in [3.05, 3.63) is 57.2 Å². The van der Waals surface area contributed by atoms with Gasteiger partial charge in [-0.1, -0.05) is 28.8 Å². The molecule has 0 spiro atoms. The Hall–Kier alpha value is -3.38. The summed E-state index contributed by atoms with van der Waals surface area (Å²) in [4.78, 5) is 53.6. The third-order valence-electron chi connectivity index (χ3n) is 6.26. The van der Waals surface area contributed by atoms with Crippen molar-refractivity contribution in [2.24, 2.45) is 0 Å². The number of ether oxygens (including phenoxy) is 2. The smallest absolute Gasteiger partial charge is 0.294 e. The highest BCUT2D eigenvalue weighted by molar-refractivity contribution is 9.10. The van der Waals surface area contributed by atoms with Crippen LogP contribution in [0.5, 0.6) is 11.5 Å². The van der Waals surface area contributed by atoms with E-state index in [4.69, 9.17) is 9.47 Å². The van der Waals surface area contributed by atoms with Crippen LogP contribution in [-0.2, 0) is 14.4 Å². The van der Waals surface area contributed by atoms with Gasteiger partial charge < -0.3 is 19.7 Å². The van der Waals surface area contributed by atoms with E-state index in [-0.39, 0.29) is 29.7 Å². The van der Waals surface area contributed by atoms with Crippen LogP contribution in [-0.4, -0.2) is 65.6 Å². The number of rotatable bonds is 9. The lowest BCUT2D eigenvalue weighted by Gasteiger charge is -2.22. The van der Waals surface area contributed by atoms with E-state index in [9.17, 15) is 23.6 Å². The molecule has 2 aliphatic rings. The molecule has 40 heavy (non-hydrogen) atoms. The summed E-state index contributed by atoms with van der Waals surface area (Å²) in [5, 5.41) is 2.13. The number of benzene rings is 2. The van der Waals surface area contributed by atoms with Gasteiger partial charge in [-0.2, -0.15) is 0 Å². The SMILES string of the molecule is CCOc1cc(C=C2SC(=O)N(CC(=O)N3CCCCCC3)C2=O)c(Br)cc1OCC(=O)Nc1ccc(F)cc1. The number of nitrogens with one attached hydrogen (secondary N) is 1. The van der Waals surface area contributed by atoms with Crippen molar-refractivity contribution < 1.29 is 33.0 Å². The Balaban J connectivity index is 1.44. The first-order valence-corrected chi connectivity index (χ1v) is 14.5. The van der Waals surface area contributed by atoms with E-state index in [1.807, 2.05) is 0 Å². The number of hydrogen-bond donors (Lipinski definition) is 1. The molecule has 4 rings (SSSR count). The van der Waals surface area contributed by atoms with Crippen LogP contribution in [0.3, 0.4) is 0 Å². The average molecular weight is 635 g/mol. The zero-order valence-electron chi connectivity index (χ0n) is 21.9. The summed E-state index contributed by atoms with van der Waals surface area (Å²) in [5.74, 6) is -0.987. The van der Waals surface area contributed by atoms with Crippen LogP contribution in [0.1, 0.15) is 38.2 Å². The van der Waals surface area contributed by atoms with Gasteiger partial charge in [0.15, 0.2) is 18.1 Å².